The van der Waals surface area contributed by atoms with Crippen molar-refractivity contribution in [2.75, 3.05) is 6.66 Å². The first-order valence-electron chi connectivity index (χ1n) is 6.41. The molecule has 1 unspecified atom stereocenters. The predicted octanol–water partition coefficient (Wildman–Crippen LogP) is 1.61. The van der Waals surface area contributed by atoms with E-state index in [-0.39, 0.29) is 5.56 Å². The second-order valence-electron chi connectivity index (χ2n) is 4.91. The van der Waals surface area contributed by atoms with E-state index in [1.165, 1.54) is 0 Å². The fourth-order valence-corrected chi connectivity index (χ4v) is 4.31. The van der Waals surface area contributed by atoms with Crippen LogP contribution in [0.2, 0.25) is 0 Å². The first-order valence-corrected chi connectivity index (χ1v) is 8.56. The number of hydrogen-bond donors (Lipinski definition) is 2. The molecule has 0 aliphatic heterocycles. The normalized spacial score (nSPS) is 14.0. The summed E-state index contributed by atoms with van der Waals surface area (Å²) in [6.45, 7) is 1.63. The molecule has 3 aromatic rings. The van der Waals surface area contributed by atoms with Crippen LogP contribution in [0, 0.1) is 0 Å². The third kappa shape index (κ3) is 2.26. The molecule has 0 aliphatic carbocycles. The number of primary amides is 1. The highest BCUT2D eigenvalue weighted by Gasteiger charge is 2.26. The summed E-state index contributed by atoms with van der Waals surface area (Å²) in [6.07, 6.45) is 3.36. The molecule has 1 amide bonds. The van der Waals surface area contributed by atoms with Crippen LogP contribution in [0.15, 0.2) is 48.8 Å². The Balaban J connectivity index is 2.20. The van der Waals surface area contributed by atoms with E-state index < -0.39 is 13.0 Å². The minimum atomic E-state index is -2.95. The van der Waals surface area contributed by atoms with Gasteiger partial charge in [-0.2, -0.15) is 0 Å². The summed E-state index contributed by atoms with van der Waals surface area (Å²) in [5, 5.41) is 1.95. The maximum absolute atomic E-state index is 13.2. The molecule has 21 heavy (non-hydrogen) atoms. The standard InChI is InChI=1S/C15H14N3O2P/c1-21(20,13-5-3-2-4-12(13)14(16)19)11-8-10-6-7-17-15(10)18-9-11/h2-9H,1H3,(H2,16,19)(H,17,18). The number of nitrogens with two attached hydrogens (primary N) is 1. The minimum absolute atomic E-state index is 0.289. The largest absolute Gasteiger partial charge is 0.366 e. The lowest BCUT2D eigenvalue weighted by molar-refractivity contribution is 0.100. The van der Waals surface area contributed by atoms with Crippen molar-refractivity contribution in [1.29, 1.82) is 0 Å². The number of benzene rings is 1. The van der Waals surface area contributed by atoms with E-state index in [1.807, 2.05) is 12.1 Å². The number of rotatable bonds is 3. The number of pyridine rings is 1. The van der Waals surface area contributed by atoms with Gasteiger partial charge >= 0.3 is 0 Å². The zero-order valence-corrected chi connectivity index (χ0v) is 12.3. The quantitative estimate of drug-likeness (QED) is 0.720. The van der Waals surface area contributed by atoms with Gasteiger partial charge in [0.2, 0.25) is 5.91 Å². The molecule has 1 aromatic carbocycles. The Morgan fingerprint density at radius 2 is 2.05 bits per heavy atom. The summed E-state index contributed by atoms with van der Waals surface area (Å²) in [5.74, 6) is -0.580. The number of hydrogen-bond acceptors (Lipinski definition) is 3. The SMILES string of the molecule is CP(=O)(c1cnc2[nH]ccc2c1)c1ccccc1C(N)=O. The lowest BCUT2D eigenvalue weighted by atomic mass is 10.2. The molecule has 1 atom stereocenters. The second-order valence-corrected chi connectivity index (χ2v) is 7.76. The van der Waals surface area contributed by atoms with Crippen molar-refractivity contribution in [1.82, 2.24) is 9.97 Å². The van der Waals surface area contributed by atoms with Crippen LogP contribution in [0.1, 0.15) is 10.4 Å². The Kier molecular flexibility index (Phi) is 3.15. The van der Waals surface area contributed by atoms with Crippen LogP contribution in [0.5, 0.6) is 0 Å². The van der Waals surface area contributed by atoms with Gasteiger partial charge in [0, 0.05) is 28.4 Å². The van der Waals surface area contributed by atoms with Crippen molar-refractivity contribution in [2.45, 2.75) is 0 Å². The van der Waals surface area contributed by atoms with Crippen molar-refractivity contribution in [3.05, 3.63) is 54.4 Å². The Morgan fingerprint density at radius 3 is 2.81 bits per heavy atom. The van der Waals surface area contributed by atoms with Gasteiger partial charge in [-0.3, -0.25) is 4.79 Å². The smallest absolute Gasteiger partial charge is 0.249 e. The van der Waals surface area contributed by atoms with Gasteiger partial charge < -0.3 is 15.3 Å². The molecule has 0 spiro atoms. The number of nitrogens with zero attached hydrogens (tertiary/aromatic N) is 1. The number of aromatic amines is 1. The number of amides is 1. The van der Waals surface area contributed by atoms with Crippen LogP contribution in [-0.2, 0) is 4.57 Å². The Hall–Kier alpha value is -2.39. The zero-order valence-electron chi connectivity index (χ0n) is 11.4. The highest BCUT2D eigenvalue weighted by Crippen LogP contribution is 2.40. The highest BCUT2D eigenvalue weighted by atomic mass is 31.2. The fourth-order valence-electron chi connectivity index (χ4n) is 2.35. The summed E-state index contributed by atoms with van der Waals surface area (Å²) in [5.41, 5.74) is 6.41. The number of nitrogens with one attached hydrogen (secondary N) is 1. The van der Waals surface area contributed by atoms with Gasteiger partial charge in [0.1, 0.15) is 12.8 Å². The summed E-state index contributed by atoms with van der Waals surface area (Å²) < 4.78 is 13.2. The van der Waals surface area contributed by atoms with Crippen molar-refractivity contribution >= 4 is 34.7 Å². The van der Waals surface area contributed by atoms with E-state index in [0.29, 0.717) is 10.6 Å². The molecule has 2 heterocycles. The molecule has 0 bridgehead atoms. The van der Waals surface area contributed by atoms with Gasteiger partial charge in [0.15, 0.2) is 0 Å². The van der Waals surface area contributed by atoms with Crippen LogP contribution < -0.4 is 16.3 Å². The maximum Gasteiger partial charge on any atom is 0.249 e. The third-order valence-electron chi connectivity index (χ3n) is 3.51. The van der Waals surface area contributed by atoms with E-state index in [4.69, 9.17) is 5.73 Å². The predicted molar refractivity (Wildman–Crippen MR) is 83.9 cm³/mol. The van der Waals surface area contributed by atoms with E-state index in [1.54, 1.807) is 43.3 Å². The lowest BCUT2D eigenvalue weighted by Gasteiger charge is -2.16. The molecule has 5 nitrogen and oxygen atoms in total. The molecule has 3 rings (SSSR count). The molecule has 0 radical (unpaired) electrons. The van der Waals surface area contributed by atoms with Gasteiger partial charge in [-0.1, -0.05) is 18.2 Å². The summed E-state index contributed by atoms with van der Waals surface area (Å²) in [4.78, 5) is 18.8. The summed E-state index contributed by atoms with van der Waals surface area (Å²) in [7, 11) is -2.95. The van der Waals surface area contributed by atoms with Gasteiger partial charge in [-0.25, -0.2) is 4.98 Å². The van der Waals surface area contributed by atoms with Crippen molar-refractivity contribution in [2.24, 2.45) is 5.73 Å². The Morgan fingerprint density at radius 1 is 1.29 bits per heavy atom. The fraction of sp³-hybridized carbons (Fsp3) is 0.0667. The van der Waals surface area contributed by atoms with Gasteiger partial charge in [-0.05, 0) is 24.9 Å². The number of H-pyrrole nitrogens is 1. The van der Waals surface area contributed by atoms with E-state index in [0.717, 1.165) is 11.0 Å². The molecular formula is C15H14N3O2P. The van der Waals surface area contributed by atoms with Crippen LogP contribution in [0.4, 0.5) is 0 Å². The van der Waals surface area contributed by atoms with Gasteiger partial charge in [0.25, 0.3) is 0 Å². The topological polar surface area (TPSA) is 88.8 Å². The van der Waals surface area contributed by atoms with Crippen molar-refractivity contribution in [3.8, 4) is 0 Å². The third-order valence-corrected chi connectivity index (χ3v) is 6.05. The number of fused-ring (bicyclic) bond motifs is 1. The second kappa shape index (κ2) is 4.86. The Bertz CT molecular complexity index is 885. The summed E-state index contributed by atoms with van der Waals surface area (Å²) >= 11 is 0. The van der Waals surface area contributed by atoms with Crippen molar-refractivity contribution in [3.63, 3.8) is 0 Å². The molecule has 106 valence electrons. The van der Waals surface area contributed by atoms with Crippen LogP contribution >= 0.6 is 7.14 Å². The monoisotopic (exact) mass is 299 g/mol. The lowest BCUT2D eigenvalue weighted by Crippen LogP contribution is -2.25. The average molecular weight is 299 g/mol. The molecular weight excluding hydrogens is 285 g/mol. The maximum atomic E-state index is 13.2. The number of aromatic nitrogens is 2. The molecule has 0 saturated carbocycles. The van der Waals surface area contributed by atoms with Gasteiger partial charge in [0.05, 0.1) is 5.56 Å². The van der Waals surface area contributed by atoms with Crippen molar-refractivity contribution < 1.29 is 9.36 Å². The van der Waals surface area contributed by atoms with Crippen LogP contribution in [0.25, 0.3) is 11.0 Å². The van der Waals surface area contributed by atoms with Crippen LogP contribution in [-0.4, -0.2) is 22.5 Å². The zero-order chi connectivity index (χ0) is 15.0. The molecule has 0 saturated heterocycles. The number of carbonyl (C=O) groups excluding carboxylic acids is 1. The Labute approximate surface area is 121 Å². The molecule has 6 heteroatoms. The molecule has 0 aliphatic rings. The molecule has 0 fully saturated rings. The average Bonchev–Trinajstić information content (AvgIpc) is 2.94. The minimum Gasteiger partial charge on any atom is -0.366 e. The van der Waals surface area contributed by atoms with E-state index >= 15 is 0 Å². The van der Waals surface area contributed by atoms with E-state index in [9.17, 15) is 9.36 Å². The highest BCUT2D eigenvalue weighted by molar-refractivity contribution is 7.78. The number of carbonyl (C=O) groups is 1. The first kappa shape index (κ1) is 13.6. The molecule has 2 aromatic heterocycles. The first-order chi connectivity index (χ1) is 10.00. The van der Waals surface area contributed by atoms with E-state index in [2.05, 4.69) is 9.97 Å². The van der Waals surface area contributed by atoms with Gasteiger partial charge in [-0.15, -0.1) is 0 Å². The molecule has 3 N–H and O–H groups in total. The van der Waals surface area contributed by atoms with Crippen LogP contribution in [0.3, 0.4) is 0 Å². The summed E-state index contributed by atoms with van der Waals surface area (Å²) in [6, 6.07) is 10.4.